The summed E-state index contributed by atoms with van der Waals surface area (Å²) in [7, 11) is 0. The first-order chi connectivity index (χ1) is 6.20. The number of hydrogen-bond acceptors (Lipinski definition) is 4. The second kappa shape index (κ2) is 2.47. The molecule has 7 heteroatoms. The van der Waals surface area contributed by atoms with Gasteiger partial charge < -0.3 is 10.1 Å². The minimum absolute atomic E-state index is 0.139. The van der Waals surface area contributed by atoms with Gasteiger partial charge >= 0.3 is 5.82 Å². The lowest BCUT2D eigenvalue weighted by atomic mass is 10.3. The van der Waals surface area contributed by atoms with E-state index in [-0.39, 0.29) is 10.9 Å². The molecule has 0 amide bonds. The number of nitrogens with zero attached hydrogens (tertiary/aromatic N) is 3. The molecule has 2 aromatic rings. The van der Waals surface area contributed by atoms with Gasteiger partial charge in [0.05, 0.1) is 12.4 Å². The fourth-order valence-corrected chi connectivity index (χ4v) is 1.05. The van der Waals surface area contributed by atoms with Crippen molar-refractivity contribution in [1.29, 1.82) is 0 Å². The Morgan fingerprint density at radius 1 is 1.54 bits per heavy atom. The van der Waals surface area contributed by atoms with Crippen LogP contribution in [0.4, 0.5) is 10.2 Å². The van der Waals surface area contributed by atoms with Crippen molar-refractivity contribution in [3.63, 3.8) is 0 Å². The van der Waals surface area contributed by atoms with E-state index < -0.39 is 16.6 Å². The second-order valence-corrected chi connectivity index (χ2v) is 2.34. The van der Waals surface area contributed by atoms with Gasteiger partial charge in [-0.3, -0.25) is 4.98 Å². The number of hydrogen-bond donors (Lipinski definition) is 1. The van der Waals surface area contributed by atoms with E-state index in [9.17, 15) is 14.5 Å². The molecule has 13 heavy (non-hydrogen) atoms. The minimum Gasteiger partial charge on any atom is -0.358 e. The van der Waals surface area contributed by atoms with Crippen LogP contribution in [0.5, 0.6) is 0 Å². The standard InChI is InChI=1S/C6H3FN4O2/c7-3-1-8-2-4-5(3)6(10-9-4)11(12)13/h1-2H,(H,9,10). The van der Waals surface area contributed by atoms with Gasteiger partial charge in [0.1, 0.15) is 10.9 Å². The number of fused-ring (bicyclic) bond motifs is 1. The molecule has 1 N–H and O–H groups in total. The Hall–Kier alpha value is -2.05. The van der Waals surface area contributed by atoms with Crippen LogP contribution < -0.4 is 0 Å². The molecule has 0 atom stereocenters. The molecule has 0 aliphatic carbocycles. The molecule has 2 rings (SSSR count). The predicted molar refractivity (Wildman–Crippen MR) is 40.5 cm³/mol. The number of H-pyrrole nitrogens is 1. The van der Waals surface area contributed by atoms with Crippen molar-refractivity contribution in [3.05, 3.63) is 28.3 Å². The third kappa shape index (κ3) is 1.01. The third-order valence-corrected chi connectivity index (χ3v) is 1.58. The molecular weight excluding hydrogens is 179 g/mol. The van der Waals surface area contributed by atoms with Gasteiger partial charge in [-0.15, -0.1) is 5.10 Å². The zero-order chi connectivity index (χ0) is 9.42. The summed E-state index contributed by atoms with van der Waals surface area (Å²) in [5.74, 6) is -1.20. The average Bonchev–Trinajstić information content (AvgIpc) is 2.49. The zero-order valence-electron chi connectivity index (χ0n) is 6.19. The Bertz CT molecular complexity index is 480. The summed E-state index contributed by atoms with van der Waals surface area (Å²) in [4.78, 5) is 13.2. The van der Waals surface area contributed by atoms with Crippen LogP contribution in [0, 0.1) is 15.9 Å². The maximum absolute atomic E-state index is 13.0. The van der Waals surface area contributed by atoms with Crippen molar-refractivity contribution >= 4 is 16.7 Å². The van der Waals surface area contributed by atoms with Crippen LogP contribution >= 0.6 is 0 Å². The fraction of sp³-hybridized carbons (Fsp3) is 0. The number of aromatic amines is 1. The summed E-state index contributed by atoms with van der Waals surface area (Å²) >= 11 is 0. The molecule has 0 unspecified atom stereocenters. The highest BCUT2D eigenvalue weighted by Crippen LogP contribution is 2.23. The quantitative estimate of drug-likeness (QED) is 0.526. The lowest BCUT2D eigenvalue weighted by Crippen LogP contribution is -1.89. The largest absolute Gasteiger partial charge is 0.358 e. The maximum Gasteiger partial charge on any atom is 0.353 e. The van der Waals surface area contributed by atoms with Gasteiger partial charge in [-0.1, -0.05) is 5.10 Å². The van der Waals surface area contributed by atoms with Crippen LogP contribution in [0.15, 0.2) is 12.4 Å². The van der Waals surface area contributed by atoms with Gasteiger partial charge in [0.15, 0.2) is 5.82 Å². The highest BCUT2D eigenvalue weighted by atomic mass is 19.1. The molecule has 0 fully saturated rings. The summed E-state index contributed by atoms with van der Waals surface area (Å²) in [5, 5.41) is 15.9. The van der Waals surface area contributed by atoms with Gasteiger partial charge in [0.25, 0.3) is 0 Å². The summed E-state index contributed by atoms with van der Waals surface area (Å²) in [6.45, 7) is 0. The molecule has 0 spiro atoms. The van der Waals surface area contributed by atoms with Crippen molar-refractivity contribution in [2.45, 2.75) is 0 Å². The Balaban J connectivity index is 2.86. The first-order valence-corrected chi connectivity index (χ1v) is 3.32. The molecule has 0 saturated carbocycles. The molecule has 0 aliphatic heterocycles. The Morgan fingerprint density at radius 2 is 2.31 bits per heavy atom. The smallest absolute Gasteiger partial charge is 0.353 e. The van der Waals surface area contributed by atoms with Crippen LogP contribution in [-0.2, 0) is 0 Å². The highest BCUT2D eigenvalue weighted by Gasteiger charge is 2.18. The molecule has 0 aromatic carbocycles. The average molecular weight is 182 g/mol. The molecule has 0 aliphatic rings. The van der Waals surface area contributed by atoms with Crippen molar-refractivity contribution < 1.29 is 9.31 Å². The third-order valence-electron chi connectivity index (χ3n) is 1.58. The topological polar surface area (TPSA) is 84.7 Å². The molecule has 0 saturated heterocycles. The minimum atomic E-state index is -0.752. The van der Waals surface area contributed by atoms with Crippen LogP contribution in [0.1, 0.15) is 0 Å². The van der Waals surface area contributed by atoms with Crippen molar-refractivity contribution in [3.8, 4) is 0 Å². The normalized spacial score (nSPS) is 10.5. The molecule has 2 heterocycles. The van der Waals surface area contributed by atoms with Crippen LogP contribution in [0.25, 0.3) is 10.9 Å². The first-order valence-electron chi connectivity index (χ1n) is 3.32. The summed E-state index contributed by atoms with van der Waals surface area (Å²) in [6, 6.07) is 0. The molecule has 66 valence electrons. The summed E-state index contributed by atoms with van der Waals surface area (Å²) < 4.78 is 13.0. The number of halogens is 1. The Labute approximate surface area is 70.5 Å². The molecule has 2 aromatic heterocycles. The lowest BCUT2D eigenvalue weighted by Gasteiger charge is -1.90. The van der Waals surface area contributed by atoms with Gasteiger partial charge in [0, 0.05) is 0 Å². The zero-order valence-corrected chi connectivity index (χ0v) is 6.19. The number of nitro groups is 1. The molecule has 0 bridgehead atoms. The second-order valence-electron chi connectivity index (χ2n) is 2.34. The number of rotatable bonds is 1. The van der Waals surface area contributed by atoms with Gasteiger partial charge in [-0.25, -0.2) is 4.39 Å². The molecule has 0 radical (unpaired) electrons. The van der Waals surface area contributed by atoms with E-state index in [1.807, 2.05) is 0 Å². The fourth-order valence-electron chi connectivity index (χ4n) is 1.05. The van der Waals surface area contributed by atoms with E-state index in [1.54, 1.807) is 0 Å². The SMILES string of the molecule is O=[N+]([O-])c1[nH]nc2cncc(F)c12. The van der Waals surface area contributed by atoms with Gasteiger partial charge in [-0.05, 0) is 4.92 Å². The van der Waals surface area contributed by atoms with E-state index in [2.05, 4.69) is 15.2 Å². The Kier molecular flexibility index (Phi) is 1.44. The predicted octanol–water partition coefficient (Wildman–Crippen LogP) is 1.01. The van der Waals surface area contributed by atoms with E-state index in [0.29, 0.717) is 0 Å². The van der Waals surface area contributed by atoms with E-state index in [0.717, 1.165) is 6.20 Å². The highest BCUT2D eigenvalue weighted by molar-refractivity contribution is 5.86. The summed E-state index contributed by atoms with van der Waals surface area (Å²) in [6.07, 6.45) is 2.16. The Morgan fingerprint density at radius 3 is 3.00 bits per heavy atom. The number of nitrogens with one attached hydrogen (secondary N) is 1. The van der Waals surface area contributed by atoms with Gasteiger partial charge in [0.2, 0.25) is 0 Å². The van der Waals surface area contributed by atoms with Crippen molar-refractivity contribution in [2.75, 3.05) is 0 Å². The van der Waals surface area contributed by atoms with Crippen LogP contribution in [0.3, 0.4) is 0 Å². The monoisotopic (exact) mass is 182 g/mol. The van der Waals surface area contributed by atoms with E-state index in [1.165, 1.54) is 6.20 Å². The van der Waals surface area contributed by atoms with Crippen LogP contribution in [-0.4, -0.2) is 20.1 Å². The maximum atomic E-state index is 13.0. The van der Waals surface area contributed by atoms with Crippen LogP contribution in [0.2, 0.25) is 0 Å². The number of pyridine rings is 1. The molecular formula is C6H3FN4O2. The number of aromatic nitrogens is 3. The van der Waals surface area contributed by atoms with E-state index >= 15 is 0 Å². The molecule has 6 nitrogen and oxygen atoms in total. The summed E-state index contributed by atoms with van der Waals surface area (Å²) in [5.41, 5.74) is 0.145. The van der Waals surface area contributed by atoms with E-state index in [4.69, 9.17) is 0 Å². The van der Waals surface area contributed by atoms with Crippen molar-refractivity contribution in [1.82, 2.24) is 15.2 Å². The first kappa shape index (κ1) is 7.59. The lowest BCUT2D eigenvalue weighted by molar-refractivity contribution is -0.387. The van der Waals surface area contributed by atoms with Gasteiger partial charge in [-0.2, -0.15) is 0 Å². The van der Waals surface area contributed by atoms with Crippen molar-refractivity contribution in [2.24, 2.45) is 0 Å².